The second-order valence-corrected chi connectivity index (χ2v) is 6.02. The highest BCUT2D eigenvalue weighted by Gasteiger charge is 2.32. The van der Waals surface area contributed by atoms with E-state index in [4.69, 9.17) is 5.73 Å². The number of nitrogens with one attached hydrogen (secondary N) is 2. The zero-order valence-electron chi connectivity index (χ0n) is 13.5. The van der Waals surface area contributed by atoms with Crippen LogP contribution in [0.2, 0.25) is 0 Å². The van der Waals surface area contributed by atoms with E-state index in [1.807, 2.05) is 54.6 Å². The maximum Gasteiger partial charge on any atom is 0.186 e. The monoisotopic (exact) mass is 306 g/mol. The Balaban J connectivity index is 1.97. The quantitative estimate of drug-likeness (QED) is 0.814. The van der Waals surface area contributed by atoms with Crippen molar-refractivity contribution in [3.05, 3.63) is 72.3 Å². The first kappa shape index (κ1) is 15.3. The van der Waals surface area contributed by atoms with Crippen LogP contribution in [0.3, 0.4) is 0 Å². The second kappa shape index (κ2) is 6.26. The topological polar surface area (TPSA) is 62.4 Å². The SMILES string of the molecule is CC(C)C1(N)N=C(Nc2ccccc2)C=C(c2ccccc2)N1. The van der Waals surface area contributed by atoms with E-state index in [9.17, 15) is 0 Å². The smallest absolute Gasteiger partial charge is 0.186 e. The van der Waals surface area contributed by atoms with Gasteiger partial charge in [-0.15, -0.1) is 0 Å². The van der Waals surface area contributed by atoms with Gasteiger partial charge in [-0.1, -0.05) is 62.4 Å². The minimum atomic E-state index is -0.836. The Bertz CT molecular complexity index is 720. The minimum absolute atomic E-state index is 0.141. The molecule has 23 heavy (non-hydrogen) atoms. The molecule has 1 heterocycles. The molecule has 0 saturated carbocycles. The van der Waals surface area contributed by atoms with Crippen molar-refractivity contribution in [3.8, 4) is 0 Å². The van der Waals surface area contributed by atoms with Gasteiger partial charge in [0.2, 0.25) is 0 Å². The van der Waals surface area contributed by atoms with Crippen molar-refractivity contribution in [1.82, 2.24) is 5.32 Å². The molecule has 1 aliphatic heterocycles. The largest absolute Gasteiger partial charge is 0.348 e. The molecule has 0 aromatic heterocycles. The molecule has 0 amide bonds. The zero-order chi connectivity index (χ0) is 16.3. The third-order valence-corrected chi connectivity index (χ3v) is 3.93. The van der Waals surface area contributed by atoms with Gasteiger partial charge in [-0.2, -0.15) is 0 Å². The lowest BCUT2D eigenvalue weighted by Crippen LogP contribution is -2.57. The number of hydrogen-bond donors (Lipinski definition) is 3. The molecule has 4 heteroatoms. The fraction of sp³-hybridized carbons (Fsp3) is 0.211. The first-order valence-electron chi connectivity index (χ1n) is 7.83. The molecular formula is C19H22N4. The fourth-order valence-corrected chi connectivity index (χ4v) is 2.43. The Morgan fingerprint density at radius 3 is 2.22 bits per heavy atom. The molecule has 1 atom stereocenters. The average Bonchev–Trinajstić information content (AvgIpc) is 2.56. The number of amidine groups is 1. The number of benzene rings is 2. The number of nitrogens with two attached hydrogens (primary N) is 1. The number of rotatable bonds is 3. The van der Waals surface area contributed by atoms with Crippen molar-refractivity contribution in [2.75, 3.05) is 5.32 Å². The van der Waals surface area contributed by atoms with Crippen molar-refractivity contribution in [2.45, 2.75) is 19.6 Å². The van der Waals surface area contributed by atoms with Crippen LogP contribution in [-0.2, 0) is 0 Å². The molecule has 3 rings (SSSR count). The summed E-state index contributed by atoms with van der Waals surface area (Å²) >= 11 is 0. The summed E-state index contributed by atoms with van der Waals surface area (Å²) in [6.07, 6.45) is 2.00. The highest BCUT2D eigenvalue weighted by atomic mass is 15.3. The molecular weight excluding hydrogens is 284 g/mol. The second-order valence-electron chi connectivity index (χ2n) is 6.02. The molecule has 4 nitrogen and oxygen atoms in total. The van der Waals surface area contributed by atoms with Gasteiger partial charge in [0.25, 0.3) is 0 Å². The molecule has 1 unspecified atom stereocenters. The van der Waals surface area contributed by atoms with Crippen molar-refractivity contribution in [3.63, 3.8) is 0 Å². The molecule has 0 spiro atoms. The van der Waals surface area contributed by atoms with Crippen LogP contribution >= 0.6 is 0 Å². The van der Waals surface area contributed by atoms with E-state index in [1.165, 1.54) is 0 Å². The van der Waals surface area contributed by atoms with E-state index < -0.39 is 5.79 Å². The maximum absolute atomic E-state index is 6.49. The number of hydrogen-bond acceptors (Lipinski definition) is 4. The number of anilines is 1. The molecule has 0 bridgehead atoms. The van der Waals surface area contributed by atoms with Gasteiger partial charge >= 0.3 is 0 Å². The van der Waals surface area contributed by atoms with Crippen molar-refractivity contribution >= 4 is 17.2 Å². The van der Waals surface area contributed by atoms with Crippen LogP contribution in [0.15, 0.2) is 71.7 Å². The summed E-state index contributed by atoms with van der Waals surface area (Å²) in [5.41, 5.74) is 9.54. The number of nitrogens with zero attached hydrogens (tertiary/aromatic N) is 1. The van der Waals surface area contributed by atoms with E-state index in [0.717, 1.165) is 22.8 Å². The van der Waals surface area contributed by atoms with E-state index >= 15 is 0 Å². The molecule has 0 saturated heterocycles. The Morgan fingerprint density at radius 2 is 1.61 bits per heavy atom. The van der Waals surface area contributed by atoms with Gasteiger partial charge in [0.15, 0.2) is 5.79 Å². The summed E-state index contributed by atoms with van der Waals surface area (Å²) in [6, 6.07) is 20.1. The molecule has 1 aliphatic rings. The van der Waals surface area contributed by atoms with Gasteiger partial charge < -0.3 is 10.6 Å². The molecule has 0 aliphatic carbocycles. The molecule has 118 valence electrons. The number of para-hydroxylation sites is 1. The molecule has 4 N–H and O–H groups in total. The first-order valence-corrected chi connectivity index (χ1v) is 7.83. The van der Waals surface area contributed by atoms with Crippen molar-refractivity contribution in [1.29, 1.82) is 0 Å². The van der Waals surface area contributed by atoms with Gasteiger partial charge in [-0.05, 0) is 17.7 Å². The molecule has 2 aromatic carbocycles. The van der Waals surface area contributed by atoms with Crippen LogP contribution in [0.25, 0.3) is 5.70 Å². The average molecular weight is 306 g/mol. The maximum atomic E-state index is 6.49. The van der Waals surface area contributed by atoms with E-state index in [2.05, 4.69) is 41.6 Å². The third kappa shape index (κ3) is 3.43. The van der Waals surface area contributed by atoms with E-state index in [0.29, 0.717) is 0 Å². The highest BCUT2D eigenvalue weighted by Crippen LogP contribution is 2.24. The molecule has 0 fully saturated rings. The van der Waals surface area contributed by atoms with Crippen molar-refractivity contribution in [2.24, 2.45) is 16.6 Å². The van der Waals surface area contributed by atoms with Crippen LogP contribution in [0.5, 0.6) is 0 Å². The fourth-order valence-electron chi connectivity index (χ4n) is 2.43. The van der Waals surface area contributed by atoms with Gasteiger partial charge in [0, 0.05) is 23.4 Å². The van der Waals surface area contributed by atoms with Gasteiger partial charge in [-0.3, -0.25) is 5.73 Å². The molecule has 2 aromatic rings. The summed E-state index contributed by atoms with van der Waals surface area (Å²) in [7, 11) is 0. The van der Waals surface area contributed by atoms with Gasteiger partial charge in [-0.25, -0.2) is 4.99 Å². The van der Waals surface area contributed by atoms with E-state index in [1.54, 1.807) is 0 Å². The number of aliphatic imine (C=N–C) groups is 1. The minimum Gasteiger partial charge on any atom is -0.348 e. The first-order chi connectivity index (χ1) is 11.1. The lowest BCUT2D eigenvalue weighted by atomic mass is 10.0. The Morgan fingerprint density at radius 1 is 1.00 bits per heavy atom. The predicted octanol–water partition coefficient (Wildman–Crippen LogP) is 3.41. The predicted molar refractivity (Wildman–Crippen MR) is 96.8 cm³/mol. The van der Waals surface area contributed by atoms with Crippen molar-refractivity contribution < 1.29 is 0 Å². The van der Waals surface area contributed by atoms with Crippen LogP contribution in [0.1, 0.15) is 19.4 Å². The zero-order valence-corrected chi connectivity index (χ0v) is 13.5. The lowest BCUT2D eigenvalue weighted by Gasteiger charge is -2.36. The summed E-state index contributed by atoms with van der Waals surface area (Å²) in [5, 5.41) is 6.72. The Kier molecular flexibility index (Phi) is 4.17. The summed E-state index contributed by atoms with van der Waals surface area (Å²) in [5.74, 6) is 0.0596. The Hall–Kier alpha value is -2.59. The van der Waals surface area contributed by atoms with Crippen LogP contribution < -0.4 is 16.4 Å². The van der Waals surface area contributed by atoms with Crippen LogP contribution in [0, 0.1) is 5.92 Å². The van der Waals surface area contributed by atoms with Gasteiger partial charge in [0.1, 0.15) is 5.84 Å². The van der Waals surface area contributed by atoms with Gasteiger partial charge in [0.05, 0.1) is 0 Å². The summed E-state index contributed by atoms with van der Waals surface area (Å²) in [4.78, 5) is 4.68. The van der Waals surface area contributed by atoms with Crippen LogP contribution in [0.4, 0.5) is 5.69 Å². The summed E-state index contributed by atoms with van der Waals surface area (Å²) < 4.78 is 0. The Labute approximate surface area is 137 Å². The van der Waals surface area contributed by atoms with E-state index in [-0.39, 0.29) is 5.92 Å². The standard InChI is InChI=1S/C19H22N4/c1-14(2)19(20)22-17(15-9-5-3-6-10-15)13-18(23-19)21-16-11-7-4-8-12-16/h3-14,22H,20H2,1-2H3,(H,21,23). The summed E-state index contributed by atoms with van der Waals surface area (Å²) in [6.45, 7) is 4.12. The third-order valence-electron chi connectivity index (χ3n) is 3.93. The normalized spacial score (nSPS) is 20.5. The molecule has 0 radical (unpaired) electrons. The van der Waals surface area contributed by atoms with Crippen LogP contribution in [-0.4, -0.2) is 11.6 Å². The lowest BCUT2D eigenvalue weighted by molar-refractivity contribution is 0.290. The highest BCUT2D eigenvalue weighted by molar-refractivity contribution is 6.08.